The van der Waals surface area contributed by atoms with Crippen molar-refractivity contribution < 1.29 is 13.9 Å². The van der Waals surface area contributed by atoms with Gasteiger partial charge in [0.15, 0.2) is 0 Å². The average Bonchev–Trinajstić information content (AvgIpc) is 2.97. The first-order chi connectivity index (χ1) is 9.22. The van der Waals surface area contributed by atoms with Crippen LogP contribution < -0.4 is 9.64 Å². The number of carbonyl (C=O) groups excluding carboxylic acids is 1. The summed E-state index contributed by atoms with van der Waals surface area (Å²) in [5.41, 5.74) is 0.866. The Bertz CT molecular complexity index is 574. The van der Waals surface area contributed by atoms with Crippen LogP contribution in [0.4, 0.5) is 5.69 Å². The zero-order valence-electron chi connectivity index (χ0n) is 10.9. The van der Waals surface area contributed by atoms with E-state index in [4.69, 9.17) is 9.15 Å². The largest absolute Gasteiger partial charge is 0.497 e. The molecule has 2 aromatic rings. The lowest BCUT2D eigenvalue weighted by Gasteiger charge is -2.44. The maximum absolute atomic E-state index is 12.1. The molecule has 1 aliphatic heterocycles. The Morgan fingerprint density at radius 3 is 2.53 bits per heavy atom. The van der Waals surface area contributed by atoms with Gasteiger partial charge in [0.05, 0.1) is 19.3 Å². The third kappa shape index (κ3) is 1.80. The fourth-order valence-corrected chi connectivity index (χ4v) is 2.50. The van der Waals surface area contributed by atoms with Gasteiger partial charge in [0.1, 0.15) is 17.6 Å². The molecule has 0 spiro atoms. The highest BCUT2D eigenvalue weighted by Crippen LogP contribution is 2.43. The minimum Gasteiger partial charge on any atom is -0.497 e. The number of furan rings is 1. The normalized spacial score (nSPS) is 22.2. The maximum Gasteiger partial charge on any atom is 0.233 e. The fourth-order valence-electron chi connectivity index (χ4n) is 2.50. The predicted molar refractivity (Wildman–Crippen MR) is 71.1 cm³/mol. The third-order valence-electron chi connectivity index (χ3n) is 3.56. The van der Waals surface area contributed by atoms with Crippen molar-refractivity contribution in [3.8, 4) is 5.75 Å². The van der Waals surface area contributed by atoms with E-state index in [0.717, 1.165) is 17.2 Å². The van der Waals surface area contributed by atoms with Gasteiger partial charge in [-0.1, -0.05) is 6.92 Å². The van der Waals surface area contributed by atoms with E-state index in [-0.39, 0.29) is 17.9 Å². The van der Waals surface area contributed by atoms with E-state index in [2.05, 4.69) is 0 Å². The lowest BCUT2D eigenvalue weighted by atomic mass is 9.86. The molecule has 19 heavy (non-hydrogen) atoms. The zero-order chi connectivity index (χ0) is 13.4. The first kappa shape index (κ1) is 11.8. The molecule has 4 heteroatoms. The summed E-state index contributed by atoms with van der Waals surface area (Å²) in [5, 5.41) is 0. The molecule has 1 aromatic carbocycles. The molecule has 1 amide bonds. The van der Waals surface area contributed by atoms with Crippen molar-refractivity contribution in [1.82, 2.24) is 0 Å². The highest BCUT2D eigenvalue weighted by Gasteiger charge is 2.47. The number of anilines is 1. The second-order valence-corrected chi connectivity index (χ2v) is 4.66. The summed E-state index contributed by atoms with van der Waals surface area (Å²) in [5.74, 6) is 1.67. The van der Waals surface area contributed by atoms with Crippen LogP contribution in [0.5, 0.6) is 5.75 Å². The highest BCUT2D eigenvalue weighted by molar-refractivity contribution is 6.02. The molecule has 0 aliphatic carbocycles. The van der Waals surface area contributed by atoms with Crippen LogP contribution in [-0.2, 0) is 4.79 Å². The van der Waals surface area contributed by atoms with Crippen LogP contribution in [0, 0.1) is 5.92 Å². The van der Waals surface area contributed by atoms with Crippen molar-refractivity contribution in [2.24, 2.45) is 5.92 Å². The molecule has 3 rings (SSSR count). The number of benzene rings is 1. The molecule has 0 bridgehead atoms. The monoisotopic (exact) mass is 257 g/mol. The van der Waals surface area contributed by atoms with Gasteiger partial charge < -0.3 is 14.1 Å². The number of nitrogens with zero attached hydrogens (tertiary/aromatic N) is 1. The summed E-state index contributed by atoms with van der Waals surface area (Å²) in [7, 11) is 1.62. The van der Waals surface area contributed by atoms with Crippen LogP contribution in [0.25, 0.3) is 0 Å². The number of hydrogen-bond acceptors (Lipinski definition) is 3. The second-order valence-electron chi connectivity index (χ2n) is 4.66. The van der Waals surface area contributed by atoms with Crippen molar-refractivity contribution in [3.63, 3.8) is 0 Å². The van der Waals surface area contributed by atoms with Gasteiger partial charge in [0, 0.05) is 5.69 Å². The molecule has 1 aromatic heterocycles. The number of rotatable bonds is 3. The lowest BCUT2D eigenvalue weighted by Crippen LogP contribution is -2.53. The van der Waals surface area contributed by atoms with Gasteiger partial charge >= 0.3 is 0 Å². The van der Waals surface area contributed by atoms with E-state index in [0.29, 0.717) is 0 Å². The summed E-state index contributed by atoms with van der Waals surface area (Å²) >= 11 is 0. The first-order valence-corrected chi connectivity index (χ1v) is 6.23. The summed E-state index contributed by atoms with van der Waals surface area (Å²) in [4.78, 5) is 13.8. The second kappa shape index (κ2) is 4.46. The minimum atomic E-state index is -0.0479. The van der Waals surface area contributed by atoms with Crippen LogP contribution in [0.2, 0.25) is 0 Å². The van der Waals surface area contributed by atoms with E-state index in [1.165, 1.54) is 0 Å². The predicted octanol–water partition coefficient (Wildman–Crippen LogP) is 3.01. The Hall–Kier alpha value is -2.23. The van der Waals surface area contributed by atoms with Gasteiger partial charge in [-0.25, -0.2) is 0 Å². The topological polar surface area (TPSA) is 42.7 Å². The van der Waals surface area contributed by atoms with Crippen molar-refractivity contribution in [2.45, 2.75) is 13.0 Å². The maximum atomic E-state index is 12.1. The van der Waals surface area contributed by atoms with Crippen LogP contribution >= 0.6 is 0 Å². The van der Waals surface area contributed by atoms with Gasteiger partial charge in [-0.05, 0) is 36.4 Å². The van der Waals surface area contributed by atoms with E-state index >= 15 is 0 Å². The van der Waals surface area contributed by atoms with E-state index in [1.807, 2.05) is 43.3 Å². The van der Waals surface area contributed by atoms with E-state index in [9.17, 15) is 4.79 Å². The third-order valence-corrected chi connectivity index (χ3v) is 3.56. The van der Waals surface area contributed by atoms with Gasteiger partial charge in [0.25, 0.3) is 0 Å². The molecule has 0 radical (unpaired) electrons. The molecule has 0 saturated carbocycles. The molecule has 0 N–H and O–H groups in total. The molecule has 2 heterocycles. The number of carbonyl (C=O) groups is 1. The van der Waals surface area contributed by atoms with Crippen LogP contribution in [0.3, 0.4) is 0 Å². The Morgan fingerprint density at radius 2 is 1.95 bits per heavy atom. The van der Waals surface area contributed by atoms with Gasteiger partial charge in [0.2, 0.25) is 5.91 Å². The standard InChI is InChI=1S/C15H15NO3/c1-10-14(13-4-3-9-19-13)16(15(10)17)11-5-7-12(18-2)8-6-11/h3-10,14H,1-2H3. The van der Waals surface area contributed by atoms with Crippen molar-refractivity contribution in [1.29, 1.82) is 0 Å². The van der Waals surface area contributed by atoms with Gasteiger partial charge in [-0.2, -0.15) is 0 Å². The van der Waals surface area contributed by atoms with E-state index < -0.39 is 0 Å². The van der Waals surface area contributed by atoms with Crippen molar-refractivity contribution >= 4 is 11.6 Å². The molecule has 2 atom stereocenters. The smallest absolute Gasteiger partial charge is 0.233 e. The van der Waals surface area contributed by atoms with Crippen LogP contribution in [0.15, 0.2) is 47.1 Å². The fraction of sp³-hybridized carbons (Fsp3) is 0.267. The minimum absolute atomic E-state index is 0.0177. The van der Waals surface area contributed by atoms with E-state index in [1.54, 1.807) is 18.3 Å². The lowest BCUT2D eigenvalue weighted by molar-refractivity contribution is -0.130. The quantitative estimate of drug-likeness (QED) is 0.794. The average molecular weight is 257 g/mol. The van der Waals surface area contributed by atoms with Crippen molar-refractivity contribution in [3.05, 3.63) is 48.4 Å². The van der Waals surface area contributed by atoms with Gasteiger partial charge in [-0.3, -0.25) is 4.79 Å². The summed E-state index contributed by atoms with van der Waals surface area (Å²) in [6.07, 6.45) is 1.64. The number of ether oxygens (including phenoxy) is 1. The molecule has 1 saturated heterocycles. The SMILES string of the molecule is COc1ccc(N2C(=O)C(C)C2c2ccco2)cc1. The molecular weight excluding hydrogens is 242 g/mol. The number of methoxy groups -OCH3 is 1. The zero-order valence-corrected chi connectivity index (χ0v) is 10.9. The first-order valence-electron chi connectivity index (χ1n) is 6.23. The Balaban J connectivity index is 1.91. The van der Waals surface area contributed by atoms with Crippen LogP contribution in [-0.4, -0.2) is 13.0 Å². The molecule has 1 fully saturated rings. The Labute approximate surface area is 111 Å². The summed E-state index contributed by atoms with van der Waals surface area (Å²) in [6.45, 7) is 1.93. The number of amides is 1. The molecule has 4 nitrogen and oxygen atoms in total. The molecule has 1 aliphatic rings. The Morgan fingerprint density at radius 1 is 1.21 bits per heavy atom. The van der Waals surface area contributed by atoms with Crippen molar-refractivity contribution in [2.75, 3.05) is 12.0 Å². The molecule has 2 unspecified atom stereocenters. The van der Waals surface area contributed by atoms with Gasteiger partial charge in [-0.15, -0.1) is 0 Å². The van der Waals surface area contributed by atoms with Crippen LogP contribution in [0.1, 0.15) is 18.7 Å². The number of hydrogen-bond donors (Lipinski definition) is 0. The molecule has 98 valence electrons. The summed E-state index contributed by atoms with van der Waals surface area (Å²) < 4.78 is 10.6. The summed E-state index contributed by atoms with van der Waals surface area (Å²) in [6, 6.07) is 11.2. The Kier molecular flexibility index (Phi) is 2.78. The molecular formula is C15H15NO3. The highest BCUT2D eigenvalue weighted by atomic mass is 16.5. The number of β-lactam (4-membered cyclic amide) rings is 1.